The van der Waals surface area contributed by atoms with Crippen molar-refractivity contribution in [3.05, 3.63) is 60.7 Å². The van der Waals surface area contributed by atoms with Crippen LogP contribution in [0.5, 0.6) is 0 Å². The number of nitrogens with zero attached hydrogens (tertiary/aromatic N) is 6. The summed E-state index contributed by atoms with van der Waals surface area (Å²) in [6.07, 6.45) is 4.71. The molecule has 0 saturated carbocycles. The molecule has 31 heavy (non-hydrogen) atoms. The maximum Gasteiger partial charge on any atom is 0.257 e. The fourth-order valence-electron chi connectivity index (χ4n) is 3.57. The van der Waals surface area contributed by atoms with Crippen molar-refractivity contribution in [2.24, 2.45) is 0 Å². The highest BCUT2D eigenvalue weighted by atomic mass is 16.3. The molecule has 0 atom stereocenters. The molecule has 3 aromatic heterocycles. The number of oxazole rings is 1. The zero-order chi connectivity index (χ0) is 21.2. The summed E-state index contributed by atoms with van der Waals surface area (Å²) in [6, 6.07) is 11.0. The van der Waals surface area contributed by atoms with Gasteiger partial charge in [0.15, 0.2) is 18.0 Å². The molecule has 1 aliphatic rings. The summed E-state index contributed by atoms with van der Waals surface area (Å²) in [5.74, 6) is 1.60. The minimum absolute atomic E-state index is 0.252. The van der Waals surface area contributed by atoms with Gasteiger partial charge in [0, 0.05) is 48.9 Å². The first-order valence-corrected chi connectivity index (χ1v) is 10.0. The van der Waals surface area contributed by atoms with E-state index >= 15 is 0 Å². The molecule has 1 saturated heterocycles. The van der Waals surface area contributed by atoms with E-state index < -0.39 is 0 Å². The van der Waals surface area contributed by atoms with Crippen molar-refractivity contribution in [3.63, 3.8) is 0 Å². The second-order valence-electron chi connectivity index (χ2n) is 7.52. The molecule has 1 amide bonds. The number of pyridine rings is 1. The number of aromatic nitrogens is 4. The zero-order valence-corrected chi connectivity index (χ0v) is 17.0. The van der Waals surface area contributed by atoms with Crippen LogP contribution in [0.3, 0.4) is 0 Å². The predicted molar refractivity (Wildman–Crippen MR) is 117 cm³/mol. The minimum atomic E-state index is -0.252. The average molecular weight is 415 g/mol. The van der Waals surface area contributed by atoms with Crippen LogP contribution in [0.1, 0.15) is 10.4 Å². The number of fused-ring (bicyclic) bond motifs is 1. The van der Waals surface area contributed by atoms with E-state index in [2.05, 4.69) is 42.3 Å². The van der Waals surface area contributed by atoms with Crippen LogP contribution < -0.4 is 10.2 Å². The molecule has 1 aromatic carbocycles. The molecule has 0 bridgehead atoms. The van der Waals surface area contributed by atoms with Crippen molar-refractivity contribution in [2.75, 3.05) is 43.4 Å². The van der Waals surface area contributed by atoms with Gasteiger partial charge < -0.3 is 19.5 Å². The maximum absolute atomic E-state index is 12.8. The quantitative estimate of drug-likeness (QED) is 0.543. The first kappa shape index (κ1) is 19.1. The molecular weight excluding hydrogens is 394 g/mol. The predicted octanol–water partition coefficient (Wildman–Crippen LogP) is 2.68. The number of amides is 1. The Balaban J connectivity index is 1.35. The summed E-state index contributed by atoms with van der Waals surface area (Å²) in [4.78, 5) is 25.7. The van der Waals surface area contributed by atoms with Crippen LogP contribution in [0.15, 0.2) is 59.6 Å². The lowest BCUT2D eigenvalue weighted by Crippen LogP contribution is -2.44. The summed E-state index contributed by atoms with van der Waals surface area (Å²) in [5, 5.41) is 12.0. The number of hydrogen-bond acceptors (Lipinski definition) is 8. The third-order valence-corrected chi connectivity index (χ3v) is 5.38. The Bertz CT molecular complexity index is 1220. The summed E-state index contributed by atoms with van der Waals surface area (Å²) < 4.78 is 5.36. The van der Waals surface area contributed by atoms with Gasteiger partial charge >= 0.3 is 0 Å². The van der Waals surface area contributed by atoms with Crippen molar-refractivity contribution in [2.45, 2.75) is 0 Å². The van der Waals surface area contributed by atoms with Crippen LogP contribution in [-0.4, -0.2) is 64.2 Å². The van der Waals surface area contributed by atoms with Crippen molar-refractivity contribution in [1.29, 1.82) is 0 Å². The highest BCUT2D eigenvalue weighted by Gasteiger charge is 2.17. The van der Waals surface area contributed by atoms with Gasteiger partial charge in [-0.05, 0) is 43.4 Å². The fraction of sp³-hybridized carbons (Fsp3) is 0.227. The van der Waals surface area contributed by atoms with Gasteiger partial charge in [-0.1, -0.05) is 0 Å². The molecule has 5 rings (SSSR count). The van der Waals surface area contributed by atoms with Crippen LogP contribution in [0, 0.1) is 0 Å². The van der Waals surface area contributed by atoms with Gasteiger partial charge in [-0.3, -0.25) is 4.79 Å². The van der Waals surface area contributed by atoms with Crippen molar-refractivity contribution in [3.8, 4) is 11.3 Å². The first-order chi connectivity index (χ1) is 15.2. The van der Waals surface area contributed by atoms with Crippen molar-refractivity contribution >= 4 is 28.4 Å². The van der Waals surface area contributed by atoms with E-state index in [1.54, 1.807) is 24.5 Å². The Hall–Kier alpha value is -3.85. The van der Waals surface area contributed by atoms with E-state index in [4.69, 9.17) is 4.42 Å². The van der Waals surface area contributed by atoms with Gasteiger partial charge in [0.25, 0.3) is 5.91 Å². The number of carbonyl (C=O) groups is 1. The number of carbonyl (C=O) groups excluding carboxylic acids is 1. The van der Waals surface area contributed by atoms with Gasteiger partial charge in [0.05, 0.1) is 11.7 Å². The van der Waals surface area contributed by atoms with E-state index in [9.17, 15) is 4.79 Å². The SMILES string of the molecule is CN1CCN(c2cc(C(=O)Nc3cc4cc(-c5cnco5)ccc4nn3)ccn2)CC1. The molecule has 0 aliphatic carbocycles. The largest absolute Gasteiger partial charge is 0.444 e. The van der Waals surface area contributed by atoms with E-state index in [1.165, 1.54) is 6.39 Å². The number of likely N-dealkylation sites (N-methyl/N-ethyl adjacent to an activating group) is 1. The Labute approximate surface area is 178 Å². The average Bonchev–Trinajstić information content (AvgIpc) is 3.34. The smallest absolute Gasteiger partial charge is 0.257 e. The molecule has 9 heteroatoms. The first-order valence-electron chi connectivity index (χ1n) is 10.0. The lowest BCUT2D eigenvalue weighted by atomic mass is 10.1. The molecule has 4 aromatic rings. The second-order valence-corrected chi connectivity index (χ2v) is 7.52. The van der Waals surface area contributed by atoms with Crippen LogP contribution in [0.4, 0.5) is 11.6 Å². The van der Waals surface area contributed by atoms with Gasteiger partial charge in [0.2, 0.25) is 0 Å². The van der Waals surface area contributed by atoms with Gasteiger partial charge in [0.1, 0.15) is 5.82 Å². The topological polar surface area (TPSA) is 100 Å². The molecule has 1 N–H and O–H groups in total. The second kappa shape index (κ2) is 8.11. The van der Waals surface area contributed by atoms with Crippen LogP contribution in [0.2, 0.25) is 0 Å². The lowest BCUT2D eigenvalue weighted by Gasteiger charge is -2.33. The van der Waals surface area contributed by atoms with Gasteiger partial charge in [-0.2, -0.15) is 0 Å². The standard InChI is InChI=1S/C22H21N7O2/c1-28-6-8-29(9-7-28)21-12-16(4-5-24-21)22(30)25-20-11-17-10-15(19-13-23-14-31-19)2-3-18(17)26-27-20/h2-5,10-14H,6-9H2,1H3,(H,25,27,30). The normalized spacial score (nSPS) is 14.7. The fourth-order valence-corrected chi connectivity index (χ4v) is 3.57. The molecule has 156 valence electrons. The summed E-state index contributed by atoms with van der Waals surface area (Å²) in [5.41, 5.74) is 2.13. The summed E-state index contributed by atoms with van der Waals surface area (Å²) in [6.45, 7) is 3.72. The van der Waals surface area contributed by atoms with Crippen LogP contribution in [-0.2, 0) is 0 Å². The molecule has 4 heterocycles. The Morgan fingerprint density at radius 2 is 1.94 bits per heavy atom. The molecule has 0 unspecified atom stereocenters. The molecule has 0 radical (unpaired) electrons. The number of hydrogen-bond donors (Lipinski definition) is 1. The van der Waals surface area contributed by atoms with Gasteiger partial charge in [-0.25, -0.2) is 9.97 Å². The van der Waals surface area contributed by atoms with E-state index in [1.807, 2.05) is 24.3 Å². The number of anilines is 2. The third-order valence-electron chi connectivity index (χ3n) is 5.38. The minimum Gasteiger partial charge on any atom is -0.444 e. The maximum atomic E-state index is 12.8. The molecule has 0 spiro atoms. The number of rotatable bonds is 4. The Morgan fingerprint density at radius 1 is 1.06 bits per heavy atom. The highest BCUT2D eigenvalue weighted by Crippen LogP contribution is 2.24. The number of benzene rings is 1. The van der Waals surface area contributed by atoms with Crippen molar-refractivity contribution < 1.29 is 9.21 Å². The molecule has 9 nitrogen and oxygen atoms in total. The van der Waals surface area contributed by atoms with E-state index in [-0.39, 0.29) is 5.91 Å². The van der Waals surface area contributed by atoms with Crippen LogP contribution in [0.25, 0.3) is 22.2 Å². The lowest BCUT2D eigenvalue weighted by molar-refractivity contribution is 0.102. The summed E-state index contributed by atoms with van der Waals surface area (Å²) >= 11 is 0. The molecular formula is C22H21N7O2. The van der Waals surface area contributed by atoms with E-state index in [0.29, 0.717) is 17.1 Å². The molecule has 1 fully saturated rings. The van der Waals surface area contributed by atoms with Crippen molar-refractivity contribution in [1.82, 2.24) is 25.1 Å². The highest BCUT2D eigenvalue weighted by molar-refractivity contribution is 6.04. The summed E-state index contributed by atoms with van der Waals surface area (Å²) in [7, 11) is 2.10. The van der Waals surface area contributed by atoms with Gasteiger partial charge in [-0.15, -0.1) is 10.2 Å². The monoisotopic (exact) mass is 415 g/mol. The van der Waals surface area contributed by atoms with Crippen LogP contribution >= 0.6 is 0 Å². The Morgan fingerprint density at radius 3 is 2.74 bits per heavy atom. The zero-order valence-electron chi connectivity index (χ0n) is 17.0. The number of nitrogens with one attached hydrogen (secondary N) is 1. The van der Waals surface area contributed by atoms with E-state index in [0.717, 1.165) is 48.5 Å². The molecule has 1 aliphatic heterocycles. The number of piperazine rings is 1. The third kappa shape index (κ3) is 4.08. The Kier molecular flexibility index (Phi) is 5.01.